The van der Waals surface area contributed by atoms with Crippen molar-refractivity contribution in [1.29, 1.82) is 0 Å². The van der Waals surface area contributed by atoms with Crippen LogP contribution in [0.3, 0.4) is 0 Å². The van der Waals surface area contributed by atoms with Crippen LogP contribution < -0.4 is 10.2 Å². The van der Waals surface area contributed by atoms with Crippen LogP contribution >= 0.6 is 24.0 Å². The summed E-state index contributed by atoms with van der Waals surface area (Å²) in [5.41, 5.74) is 2.41. The van der Waals surface area contributed by atoms with Crippen molar-refractivity contribution in [2.24, 2.45) is 4.99 Å². The first-order chi connectivity index (χ1) is 12.6. The lowest BCUT2D eigenvalue weighted by atomic mass is 10.1. The zero-order chi connectivity index (χ0) is 18.5. The number of phenolic OH excluding ortho intramolecular Hbond substituents is 1. The molecule has 2 aromatic carbocycles. The summed E-state index contributed by atoms with van der Waals surface area (Å²) in [7, 11) is 1.76. The van der Waals surface area contributed by atoms with Crippen LogP contribution in [0.5, 0.6) is 5.75 Å². The van der Waals surface area contributed by atoms with Crippen molar-refractivity contribution in [3.05, 3.63) is 59.4 Å². The van der Waals surface area contributed by atoms with E-state index in [2.05, 4.69) is 20.1 Å². The molecule has 1 fully saturated rings. The number of aliphatic imine (C=N–C) groups is 1. The van der Waals surface area contributed by atoms with Gasteiger partial charge in [0, 0.05) is 39.8 Å². The summed E-state index contributed by atoms with van der Waals surface area (Å²) < 4.78 is 13.7. The van der Waals surface area contributed by atoms with E-state index in [4.69, 9.17) is 0 Å². The van der Waals surface area contributed by atoms with Crippen molar-refractivity contribution in [2.75, 3.05) is 38.1 Å². The average molecular weight is 484 g/mol. The highest BCUT2D eigenvalue weighted by Gasteiger charge is 2.21. The number of phenols is 1. The number of benzene rings is 2. The Kier molecular flexibility index (Phi) is 7.70. The average Bonchev–Trinajstić information content (AvgIpc) is 2.66. The summed E-state index contributed by atoms with van der Waals surface area (Å²) >= 11 is 0. The molecule has 0 spiro atoms. The van der Waals surface area contributed by atoms with E-state index in [1.807, 2.05) is 24.3 Å². The van der Waals surface area contributed by atoms with Crippen LogP contribution in [0.4, 0.5) is 10.1 Å². The summed E-state index contributed by atoms with van der Waals surface area (Å²) in [6, 6.07) is 12.7. The maximum atomic E-state index is 13.7. The molecule has 3 rings (SSSR count). The van der Waals surface area contributed by atoms with Crippen molar-refractivity contribution < 1.29 is 9.50 Å². The Morgan fingerprint density at radius 1 is 1.15 bits per heavy atom. The summed E-state index contributed by atoms with van der Waals surface area (Å²) in [4.78, 5) is 8.71. The van der Waals surface area contributed by atoms with Gasteiger partial charge in [0.15, 0.2) is 5.96 Å². The Labute approximate surface area is 176 Å². The fourth-order valence-corrected chi connectivity index (χ4v) is 3.15. The van der Waals surface area contributed by atoms with E-state index < -0.39 is 0 Å². The predicted octanol–water partition coefficient (Wildman–Crippen LogP) is 3.36. The molecule has 1 heterocycles. The molecule has 5 nitrogen and oxygen atoms in total. The van der Waals surface area contributed by atoms with E-state index in [1.54, 1.807) is 32.2 Å². The molecule has 146 valence electrons. The molecule has 0 aromatic heterocycles. The molecule has 1 aliphatic heterocycles. The van der Waals surface area contributed by atoms with Crippen LogP contribution in [0.25, 0.3) is 0 Å². The number of anilines is 1. The summed E-state index contributed by atoms with van der Waals surface area (Å²) in [5, 5.41) is 13.3. The van der Waals surface area contributed by atoms with E-state index >= 15 is 0 Å². The number of rotatable bonds is 3. The summed E-state index contributed by atoms with van der Waals surface area (Å²) in [5.74, 6) is 0.934. The second-order valence-electron chi connectivity index (χ2n) is 6.45. The smallest absolute Gasteiger partial charge is 0.194 e. The SMILES string of the molecule is CN=C(NCc1ccc(C)c(F)c1)N1CCN(c2ccccc2O)CC1.I. The first-order valence-corrected chi connectivity index (χ1v) is 8.82. The van der Waals surface area contributed by atoms with E-state index in [-0.39, 0.29) is 29.8 Å². The van der Waals surface area contributed by atoms with Crippen molar-refractivity contribution >= 4 is 35.6 Å². The van der Waals surface area contributed by atoms with Crippen molar-refractivity contribution in [3.63, 3.8) is 0 Å². The van der Waals surface area contributed by atoms with Gasteiger partial charge in [-0.3, -0.25) is 4.99 Å². The van der Waals surface area contributed by atoms with Gasteiger partial charge in [-0.1, -0.05) is 24.3 Å². The molecule has 1 saturated heterocycles. The maximum absolute atomic E-state index is 13.7. The number of hydrogen-bond donors (Lipinski definition) is 2. The predicted molar refractivity (Wildman–Crippen MR) is 119 cm³/mol. The normalized spacial score (nSPS) is 14.7. The molecule has 0 radical (unpaired) electrons. The minimum absolute atomic E-state index is 0. The number of aryl methyl sites for hydroxylation is 1. The van der Waals surface area contributed by atoms with Gasteiger partial charge in [0.1, 0.15) is 11.6 Å². The summed E-state index contributed by atoms with van der Waals surface area (Å²) in [6.45, 7) is 5.50. The number of aromatic hydroxyl groups is 1. The third-order valence-electron chi connectivity index (χ3n) is 4.70. The Morgan fingerprint density at radius 2 is 1.85 bits per heavy atom. The lowest BCUT2D eigenvalue weighted by Gasteiger charge is -2.37. The molecule has 2 aromatic rings. The minimum atomic E-state index is -0.185. The second-order valence-corrected chi connectivity index (χ2v) is 6.45. The van der Waals surface area contributed by atoms with E-state index in [0.29, 0.717) is 17.9 Å². The molecule has 2 N–H and O–H groups in total. The number of guanidine groups is 1. The molecular weight excluding hydrogens is 458 g/mol. The maximum Gasteiger partial charge on any atom is 0.194 e. The number of piperazine rings is 1. The van der Waals surface area contributed by atoms with Crippen LogP contribution in [-0.4, -0.2) is 49.2 Å². The Hall–Kier alpha value is -2.03. The molecule has 0 bridgehead atoms. The topological polar surface area (TPSA) is 51.1 Å². The number of nitrogens with zero attached hydrogens (tertiary/aromatic N) is 3. The Balaban J connectivity index is 0.00000261. The number of nitrogens with one attached hydrogen (secondary N) is 1. The zero-order valence-electron chi connectivity index (χ0n) is 15.7. The Morgan fingerprint density at radius 3 is 2.48 bits per heavy atom. The fourth-order valence-electron chi connectivity index (χ4n) is 3.15. The highest BCUT2D eigenvalue weighted by atomic mass is 127. The van der Waals surface area contributed by atoms with E-state index in [1.165, 1.54) is 0 Å². The zero-order valence-corrected chi connectivity index (χ0v) is 18.0. The van der Waals surface area contributed by atoms with Gasteiger partial charge in [0.25, 0.3) is 0 Å². The van der Waals surface area contributed by atoms with E-state index in [9.17, 15) is 9.50 Å². The van der Waals surface area contributed by atoms with Crippen LogP contribution in [0.2, 0.25) is 0 Å². The number of halogens is 2. The molecule has 27 heavy (non-hydrogen) atoms. The molecule has 1 aliphatic rings. The van der Waals surface area contributed by atoms with Gasteiger partial charge >= 0.3 is 0 Å². The monoisotopic (exact) mass is 484 g/mol. The third kappa shape index (κ3) is 5.24. The first kappa shape index (κ1) is 21.3. The highest BCUT2D eigenvalue weighted by molar-refractivity contribution is 14.0. The van der Waals surface area contributed by atoms with Gasteiger partial charge in [-0.15, -0.1) is 24.0 Å². The fraction of sp³-hybridized carbons (Fsp3) is 0.350. The lowest BCUT2D eigenvalue weighted by Crippen LogP contribution is -2.52. The minimum Gasteiger partial charge on any atom is -0.506 e. The Bertz CT molecular complexity index is 791. The quantitative estimate of drug-likeness (QED) is 0.399. The van der Waals surface area contributed by atoms with Crippen LogP contribution in [0, 0.1) is 12.7 Å². The molecule has 7 heteroatoms. The van der Waals surface area contributed by atoms with Gasteiger partial charge in [-0.2, -0.15) is 0 Å². The summed E-state index contributed by atoms with van der Waals surface area (Å²) in [6.07, 6.45) is 0. The van der Waals surface area contributed by atoms with Crippen LogP contribution in [0.15, 0.2) is 47.5 Å². The lowest BCUT2D eigenvalue weighted by molar-refractivity contribution is 0.369. The van der Waals surface area contributed by atoms with Crippen molar-refractivity contribution in [3.8, 4) is 5.75 Å². The first-order valence-electron chi connectivity index (χ1n) is 8.82. The van der Waals surface area contributed by atoms with Gasteiger partial charge < -0.3 is 20.2 Å². The molecule has 0 aliphatic carbocycles. The van der Waals surface area contributed by atoms with Crippen molar-refractivity contribution in [2.45, 2.75) is 13.5 Å². The molecule has 0 saturated carbocycles. The van der Waals surface area contributed by atoms with Crippen LogP contribution in [-0.2, 0) is 6.54 Å². The largest absolute Gasteiger partial charge is 0.506 e. The second kappa shape index (κ2) is 9.77. The highest BCUT2D eigenvalue weighted by Crippen LogP contribution is 2.27. The van der Waals surface area contributed by atoms with Crippen LogP contribution in [0.1, 0.15) is 11.1 Å². The van der Waals surface area contributed by atoms with Gasteiger partial charge in [0.05, 0.1) is 5.69 Å². The van der Waals surface area contributed by atoms with Gasteiger partial charge in [0.2, 0.25) is 0 Å². The van der Waals surface area contributed by atoms with E-state index in [0.717, 1.165) is 43.4 Å². The number of para-hydroxylation sites is 2. The van der Waals surface area contributed by atoms with Gasteiger partial charge in [-0.25, -0.2) is 4.39 Å². The van der Waals surface area contributed by atoms with Crippen molar-refractivity contribution in [1.82, 2.24) is 10.2 Å². The molecule has 0 atom stereocenters. The molecule has 0 amide bonds. The van der Waals surface area contributed by atoms with Gasteiger partial charge in [-0.05, 0) is 36.2 Å². The molecule has 0 unspecified atom stereocenters. The third-order valence-corrected chi connectivity index (χ3v) is 4.70. The standard InChI is InChI=1S/C20H25FN4O.HI/c1-15-7-8-16(13-17(15)21)14-23-20(22-2)25-11-9-24(10-12-25)18-5-3-4-6-19(18)26;/h3-8,13,26H,9-12,14H2,1-2H3,(H,22,23);1H. The molecular formula is C20H26FIN4O. The number of hydrogen-bond acceptors (Lipinski definition) is 3.